The summed E-state index contributed by atoms with van der Waals surface area (Å²) in [6.07, 6.45) is 0. The zero-order valence-corrected chi connectivity index (χ0v) is 14.8. The molecule has 1 heterocycles. The Bertz CT molecular complexity index is 858. The summed E-state index contributed by atoms with van der Waals surface area (Å²) in [5.74, 6) is 0.118. The molecule has 130 valence electrons. The molecule has 0 aliphatic carbocycles. The van der Waals surface area contributed by atoms with Crippen LogP contribution in [-0.4, -0.2) is 25.0 Å². The highest BCUT2D eigenvalue weighted by molar-refractivity contribution is 6.43. The molecule has 0 unspecified atom stereocenters. The van der Waals surface area contributed by atoms with Gasteiger partial charge in [-0.3, -0.25) is 9.59 Å². The Morgan fingerprint density at radius 1 is 1.16 bits per heavy atom. The van der Waals surface area contributed by atoms with Gasteiger partial charge in [-0.2, -0.15) is 0 Å². The van der Waals surface area contributed by atoms with Gasteiger partial charge in [0.15, 0.2) is 13.2 Å². The minimum atomic E-state index is -0.412. The average Bonchev–Trinajstić information content (AvgIpc) is 2.56. The normalized spacial score (nSPS) is 12.7. The van der Waals surface area contributed by atoms with Gasteiger partial charge in [-0.15, -0.1) is 0 Å². The Labute approximate surface area is 158 Å². The molecule has 0 atom stereocenters. The van der Waals surface area contributed by atoms with Crippen molar-refractivity contribution >= 4 is 58.0 Å². The van der Waals surface area contributed by atoms with Crippen molar-refractivity contribution in [2.75, 3.05) is 23.8 Å². The second-order valence-corrected chi connectivity index (χ2v) is 6.30. The number of carbonyl (C=O) groups is 2. The largest absolute Gasteiger partial charge is 0.482 e. The van der Waals surface area contributed by atoms with E-state index in [1.165, 1.54) is 12.1 Å². The molecule has 1 aliphatic heterocycles. The van der Waals surface area contributed by atoms with Crippen LogP contribution in [0.5, 0.6) is 11.5 Å². The molecule has 25 heavy (non-hydrogen) atoms. The highest BCUT2D eigenvalue weighted by Gasteiger charge is 2.16. The summed E-state index contributed by atoms with van der Waals surface area (Å²) in [7, 11) is 0. The van der Waals surface area contributed by atoms with E-state index in [-0.39, 0.29) is 34.9 Å². The summed E-state index contributed by atoms with van der Waals surface area (Å²) < 4.78 is 10.6. The molecule has 0 saturated heterocycles. The Hall–Kier alpha value is -2.15. The van der Waals surface area contributed by atoms with Gasteiger partial charge in [-0.25, -0.2) is 0 Å². The highest BCUT2D eigenvalue weighted by atomic mass is 35.5. The zero-order valence-electron chi connectivity index (χ0n) is 12.6. The number of hydrogen-bond acceptors (Lipinski definition) is 4. The van der Waals surface area contributed by atoms with Crippen LogP contribution in [0.2, 0.25) is 15.1 Å². The molecule has 1 aliphatic rings. The molecule has 6 nitrogen and oxygen atoms in total. The number of hydrogen-bond donors (Lipinski definition) is 2. The second-order valence-electron chi connectivity index (χ2n) is 5.08. The molecule has 2 amide bonds. The van der Waals surface area contributed by atoms with E-state index in [9.17, 15) is 9.59 Å². The molecule has 0 fully saturated rings. The molecular weight excluding hydrogens is 391 g/mol. The standard InChI is InChI=1S/C16H11Cl3N2O4/c17-9-4-11(19)14(5-10(9)18)25-6-15(22)20-8-1-2-13-12(3-8)21-16(23)7-24-13/h1-5H,6-7H2,(H,20,22)(H,21,23). The highest BCUT2D eigenvalue weighted by Crippen LogP contribution is 2.34. The molecule has 0 spiro atoms. The van der Waals surface area contributed by atoms with Crippen molar-refractivity contribution in [1.29, 1.82) is 0 Å². The SMILES string of the molecule is O=C(COc1cc(Cl)c(Cl)cc1Cl)Nc1ccc2c(c1)NC(=O)CO2. The summed E-state index contributed by atoms with van der Waals surface area (Å²) in [5, 5.41) is 6.12. The first kappa shape index (κ1) is 17.7. The minimum absolute atomic E-state index is 0.0308. The van der Waals surface area contributed by atoms with Crippen molar-refractivity contribution in [3.8, 4) is 11.5 Å². The van der Waals surface area contributed by atoms with Crippen molar-refractivity contribution in [3.63, 3.8) is 0 Å². The molecule has 9 heteroatoms. The number of rotatable bonds is 4. The third-order valence-corrected chi connectivity index (χ3v) is 4.25. The van der Waals surface area contributed by atoms with Crippen LogP contribution < -0.4 is 20.1 Å². The third kappa shape index (κ3) is 4.28. The van der Waals surface area contributed by atoms with Crippen LogP contribution >= 0.6 is 34.8 Å². The first-order valence-corrected chi connectivity index (χ1v) is 8.19. The van der Waals surface area contributed by atoms with Crippen LogP contribution in [0.15, 0.2) is 30.3 Å². The van der Waals surface area contributed by atoms with Crippen LogP contribution in [0.4, 0.5) is 11.4 Å². The van der Waals surface area contributed by atoms with Crippen molar-refractivity contribution in [2.24, 2.45) is 0 Å². The number of anilines is 2. The quantitative estimate of drug-likeness (QED) is 0.759. The van der Waals surface area contributed by atoms with Crippen LogP contribution in [0.3, 0.4) is 0 Å². The molecule has 0 aromatic heterocycles. The van der Waals surface area contributed by atoms with Gasteiger partial charge < -0.3 is 20.1 Å². The fourth-order valence-electron chi connectivity index (χ4n) is 2.12. The van der Waals surface area contributed by atoms with E-state index in [0.29, 0.717) is 22.1 Å². The van der Waals surface area contributed by atoms with E-state index in [1.54, 1.807) is 18.2 Å². The first-order chi connectivity index (χ1) is 11.9. The maximum atomic E-state index is 12.0. The number of carbonyl (C=O) groups excluding carboxylic acids is 2. The number of ether oxygens (including phenoxy) is 2. The maximum absolute atomic E-state index is 12.0. The number of halogens is 3. The average molecular weight is 402 g/mol. The van der Waals surface area contributed by atoms with Gasteiger partial charge in [0.25, 0.3) is 11.8 Å². The number of amides is 2. The van der Waals surface area contributed by atoms with Gasteiger partial charge in [0, 0.05) is 11.8 Å². The zero-order chi connectivity index (χ0) is 18.0. The molecule has 0 saturated carbocycles. The lowest BCUT2D eigenvalue weighted by Gasteiger charge is -2.18. The molecule has 2 N–H and O–H groups in total. The molecule has 0 radical (unpaired) electrons. The van der Waals surface area contributed by atoms with Crippen LogP contribution in [-0.2, 0) is 9.59 Å². The Kier molecular flexibility index (Phi) is 5.22. The van der Waals surface area contributed by atoms with E-state index in [0.717, 1.165) is 0 Å². The smallest absolute Gasteiger partial charge is 0.262 e. The predicted octanol–water partition coefficient (Wildman–Crippen LogP) is 4.00. The molecule has 2 aromatic rings. The van der Waals surface area contributed by atoms with Crippen molar-refractivity contribution in [3.05, 3.63) is 45.4 Å². The Balaban J connectivity index is 1.62. The van der Waals surface area contributed by atoms with Gasteiger partial charge in [-0.05, 0) is 24.3 Å². The van der Waals surface area contributed by atoms with Gasteiger partial charge in [-0.1, -0.05) is 34.8 Å². The van der Waals surface area contributed by atoms with Crippen LogP contribution in [0.25, 0.3) is 0 Å². The summed E-state index contributed by atoms with van der Waals surface area (Å²) in [4.78, 5) is 23.4. The van der Waals surface area contributed by atoms with Crippen LogP contribution in [0, 0.1) is 0 Å². The first-order valence-electron chi connectivity index (χ1n) is 7.06. The molecule has 3 rings (SSSR count). The Morgan fingerprint density at radius 2 is 1.92 bits per heavy atom. The molecular formula is C16H11Cl3N2O4. The van der Waals surface area contributed by atoms with Crippen molar-refractivity contribution in [2.45, 2.75) is 0 Å². The van der Waals surface area contributed by atoms with Crippen molar-refractivity contribution < 1.29 is 19.1 Å². The number of nitrogens with one attached hydrogen (secondary N) is 2. The van der Waals surface area contributed by atoms with Gasteiger partial charge in [0.05, 0.1) is 20.8 Å². The van der Waals surface area contributed by atoms with Gasteiger partial charge in [0.2, 0.25) is 0 Å². The van der Waals surface area contributed by atoms with Gasteiger partial charge in [0.1, 0.15) is 11.5 Å². The Morgan fingerprint density at radius 3 is 2.72 bits per heavy atom. The second kappa shape index (κ2) is 7.39. The number of fused-ring (bicyclic) bond motifs is 1. The summed E-state index contributed by atoms with van der Waals surface area (Å²) >= 11 is 17.7. The predicted molar refractivity (Wildman–Crippen MR) is 96.2 cm³/mol. The fourth-order valence-corrected chi connectivity index (χ4v) is 2.71. The summed E-state index contributed by atoms with van der Waals surface area (Å²) in [6, 6.07) is 7.77. The van der Waals surface area contributed by atoms with Gasteiger partial charge >= 0.3 is 0 Å². The van der Waals surface area contributed by atoms with E-state index < -0.39 is 5.91 Å². The lowest BCUT2D eigenvalue weighted by molar-refractivity contribution is -0.119. The maximum Gasteiger partial charge on any atom is 0.262 e. The summed E-state index contributed by atoms with van der Waals surface area (Å²) in [6.45, 7) is -0.311. The van der Waals surface area contributed by atoms with Crippen molar-refractivity contribution in [1.82, 2.24) is 0 Å². The van der Waals surface area contributed by atoms with E-state index in [2.05, 4.69) is 10.6 Å². The fraction of sp³-hybridized carbons (Fsp3) is 0.125. The van der Waals surface area contributed by atoms with E-state index in [4.69, 9.17) is 44.3 Å². The third-order valence-electron chi connectivity index (χ3n) is 3.23. The summed E-state index contributed by atoms with van der Waals surface area (Å²) in [5.41, 5.74) is 0.973. The molecule has 2 aromatic carbocycles. The monoisotopic (exact) mass is 400 g/mol. The topological polar surface area (TPSA) is 76.7 Å². The van der Waals surface area contributed by atoms with E-state index >= 15 is 0 Å². The lowest BCUT2D eigenvalue weighted by Crippen LogP contribution is -2.25. The molecule has 0 bridgehead atoms. The van der Waals surface area contributed by atoms with Crippen LogP contribution in [0.1, 0.15) is 0 Å². The minimum Gasteiger partial charge on any atom is -0.482 e. The van der Waals surface area contributed by atoms with E-state index in [1.807, 2.05) is 0 Å². The number of benzene rings is 2. The lowest BCUT2D eigenvalue weighted by atomic mass is 10.2.